The molecule has 1 N–H and O–H groups in total. The number of hydrogen-bond acceptors (Lipinski definition) is 3. The number of para-hydroxylation sites is 2. The fraction of sp³-hybridized carbons (Fsp3) is 0.217. The number of nitrogens with zero attached hydrogens (tertiary/aromatic N) is 4. The van der Waals surface area contributed by atoms with Crippen molar-refractivity contribution in [3.05, 3.63) is 78.5 Å². The summed E-state index contributed by atoms with van der Waals surface area (Å²) in [6.07, 6.45) is 2.08. The summed E-state index contributed by atoms with van der Waals surface area (Å²) in [4.78, 5) is 21.6. The molecule has 0 aliphatic carbocycles. The first kappa shape index (κ1) is 17.6. The molecule has 0 saturated carbocycles. The molecule has 5 rings (SSSR count). The van der Waals surface area contributed by atoms with E-state index < -0.39 is 0 Å². The Morgan fingerprint density at radius 2 is 1.59 bits per heavy atom. The summed E-state index contributed by atoms with van der Waals surface area (Å²) in [6, 6.07) is 22.3. The van der Waals surface area contributed by atoms with Gasteiger partial charge in [-0.05, 0) is 29.8 Å². The minimum Gasteiger partial charge on any atom is -0.351 e. The van der Waals surface area contributed by atoms with E-state index in [0.29, 0.717) is 19.6 Å². The van der Waals surface area contributed by atoms with E-state index in [2.05, 4.69) is 39.0 Å². The van der Waals surface area contributed by atoms with Crippen LogP contribution in [0.4, 0.5) is 10.6 Å². The largest absolute Gasteiger partial charge is 0.351 e. The van der Waals surface area contributed by atoms with Crippen molar-refractivity contribution in [2.45, 2.75) is 6.54 Å². The Bertz CT molecular complexity index is 1150. The lowest BCUT2D eigenvalue weighted by atomic mass is 10.2. The number of benzene rings is 2. The number of fused-ring (bicyclic) bond motifs is 3. The lowest BCUT2D eigenvalue weighted by Gasteiger charge is -2.35. The molecule has 6 heteroatoms. The lowest BCUT2D eigenvalue weighted by molar-refractivity contribution is 0.194. The predicted molar refractivity (Wildman–Crippen MR) is 115 cm³/mol. The lowest BCUT2D eigenvalue weighted by Crippen LogP contribution is -2.52. The third-order valence-electron chi connectivity index (χ3n) is 5.50. The number of rotatable bonds is 3. The van der Waals surface area contributed by atoms with Gasteiger partial charge in [-0.25, -0.2) is 9.78 Å². The summed E-state index contributed by atoms with van der Waals surface area (Å²) in [5.74, 6) is 0.984. The van der Waals surface area contributed by atoms with Crippen LogP contribution in [-0.4, -0.2) is 46.5 Å². The summed E-state index contributed by atoms with van der Waals surface area (Å²) in [6.45, 7) is 3.46. The second-order valence-corrected chi connectivity index (χ2v) is 7.31. The molecule has 1 fully saturated rings. The molecular formula is C23H23N5O. The van der Waals surface area contributed by atoms with E-state index in [1.807, 2.05) is 53.4 Å². The first-order valence-corrected chi connectivity index (χ1v) is 9.97. The molecule has 6 nitrogen and oxygen atoms in total. The molecule has 0 unspecified atom stereocenters. The molecule has 1 saturated heterocycles. The zero-order valence-corrected chi connectivity index (χ0v) is 16.2. The number of aromatic nitrogens is 2. The van der Waals surface area contributed by atoms with Crippen LogP contribution >= 0.6 is 0 Å². The van der Waals surface area contributed by atoms with Crippen molar-refractivity contribution in [3.63, 3.8) is 0 Å². The third-order valence-corrected chi connectivity index (χ3v) is 5.50. The van der Waals surface area contributed by atoms with E-state index in [-0.39, 0.29) is 6.03 Å². The molecule has 2 amide bonds. The van der Waals surface area contributed by atoms with Gasteiger partial charge < -0.3 is 19.5 Å². The van der Waals surface area contributed by atoms with Gasteiger partial charge in [-0.15, -0.1) is 0 Å². The minimum atomic E-state index is -0.00666. The van der Waals surface area contributed by atoms with Crippen molar-refractivity contribution in [2.75, 3.05) is 31.1 Å². The average Bonchev–Trinajstić information content (AvgIpc) is 3.28. The summed E-state index contributed by atoms with van der Waals surface area (Å²) in [5.41, 5.74) is 4.30. The highest BCUT2D eigenvalue weighted by Crippen LogP contribution is 2.26. The molecule has 0 spiro atoms. The maximum absolute atomic E-state index is 12.5. The number of carbonyl (C=O) groups is 1. The number of amides is 2. The van der Waals surface area contributed by atoms with E-state index in [1.165, 1.54) is 0 Å². The van der Waals surface area contributed by atoms with Crippen LogP contribution in [0.15, 0.2) is 72.9 Å². The molecule has 2 aromatic heterocycles. The van der Waals surface area contributed by atoms with Gasteiger partial charge >= 0.3 is 6.03 Å². The van der Waals surface area contributed by atoms with Crippen LogP contribution in [-0.2, 0) is 6.54 Å². The fourth-order valence-corrected chi connectivity index (χ4v) is 3.95. The Morgan fingerprint density at radius 1 is 0.862 bits per heavy atom. The predicted octanol–water partition coefficient (Wildman–Crippen LogP) is 3.52. The number of hydrogen-bond donors (Lipinski definition) is 1. The SMILES string of the molecule is O=C(NCc1ccccc1)N1CCN(c2nc3ccccc3n3cccc23)CC1. The highest BCUT2D eigenvalue weighted by atomic mass is 16.2. The van der Waals surface area contributed by atoms with Gasteiger partial charge in [0.25, 0.3) is 0 Å². The standard InChI is InChI=1S/C23H23N5O/c29-23(24-17-18-7-2-1-3-8-18)27-15-13-26(14-16-27)22-21-11-6-12-28(21)20-10-5-4-9-19(20)25-22/h1-12H,13-17H2,(H,24,29). The van der Waals surface area contributed by atoms with E-state index in [4.69, 9.17) is 4.98 Å². The van der Waals surface area contributed by atoms with Gasteiger partial charge in [-0.3, -0.25) is 0 Å². The summed E-state index contributed by atoms with van der Waals surface area (Å²) < 4.78 is 2.19. The second kappa shape index (κ2) is 7.47. The highest BCUT2D eigenvalue weighted by Gasteiger charge is 2.23. The summed E-state index contributed by atoms with van der Waals surface area (Å²) in [7, 11) is 0. The first-order valence-electron chi connectivity index (χ1n) is 9.97. The molecule has 2 aromatic carbocycles. The van der Waals surface area contributed by atoms with Crippen LogP contribution in [0.2, 0.25) is 0 Å². The van der Waals surface area contributed by atoms with Gasteiger partial charge in [0, 0.05) is 38.9 Å². The maximum Gasteiger partial charge on any atom is 0.317 e. The van der Waals surface area contributed by atoms with Crippen LogP contribution in [0.25, 0.3) is 16.6 Å². The topological polar surface area (TPSA) is 52.9 Å². The fourth-order valence-electron chi connectivity index (χ4n) is 3.95. The van der Waals surface area contributed by atoms with Crippen LogP contribution in [0, 0.1) is 0 Å². The summed E-state index contributed by atoms with van der Waals surface area (Å²) >= 11 is 0. The van der Waals surface area contributed by atoms with Crippen LogP contribution in [0.3, 0.4) is 0 Å². The molecule has 0 atom stereocenters. The number of anilines is 1. The zero-order valence-electron chi connectivity index (χ0n) is 16.2. The van der Waals surface area contributed by atoms with Crippen LogP contribution < -0.4 is 10.2 Å². The van der Waals surface area contributed by atoms with Gasteiger partial charge in [0.2, 0.25) is 0 Å². The van der Waals surface area contributed by atoms with Gasteiger partial charge in [-0.1, -0.05) is 42.5 Å². The van der Waals surface area contributed by atoms with E-state index >= 15 is 0 Å². The second-order valence-electron chi connectivity index (χ2n) is 7.31. The monoisotopic (exact) mass is 385 g/mol. The Kier molecular flexibility index (Phi) is 4.52. The van der Waals surface area contributed by atoms with Crippen molar-refractivity contribution in [1.82, 2.24) is 19.6 Å². The van der Waals surface area contributed by atoms with Gasteiger partial charge in [-0.2, -0.15) is 0 Å². The Hall–Kier alpha value is -3.54. The smallest absolute Gasteiger partial charge is 0.317 e. The molecule has 1 aliphatic heterocycles. The average molecular weight is 385 g/mol. The maximum atomic E-state index is 12.5. The van der Waals surface area contributed by atoms with Gasteiger partial charge in [0.1, 0.15) is 0 Å². The minimum absolute atomic E-state index is 0.00666. The van der Waals surface area contributed by atoms with Crippen molar-refractivity contribution in [2.24, 2.45) is 0 Å². The number of piperazine rings is 1. The molecule has 3 heterocycles. The third kappa shape index (κ3) is 3.38. The molecule has 146 valence electrons. The normalized spacial score (nSPS) is 14.5. The Labute approximate surface area is 169 Å². The Balaban J connectivity index is 1.29. The number of urea groups is 1. The van der Waals surface area contributed by atoms with Crippen LogP contribution in [0.1, 0.15) is 5.56 Å². The van der Waals surface area contributed by atoms with E-state index in [1.54, 1.807) is 0 Å². The highest BCUT2D eigenvalue weighted by molar-refractivity contribution is 5.85. The van der Waals surface area contributed by atoms with Crippen molar-refractivity contribution in [1.29, 1.82) is 0 Å². The molecule has 0 bridgehead atoms. The van der Waals surface area contributed by atoms with Crippen molar-refractivity contribution in [3.8, 4) is 0 Å². The quantitative estimate of drug-likeness (QED) is 0.587. The zero-order chi connectivity index (χ0) is 19.6. The molecule has 1 aliphatic rings. The molecule has 0 radical (unpaired) electrons. The van der Waals surface area contributed by atoms with Gasteiger partial charge in [0.05, 0.1) is 16.6 Å². The van der Waals surface area contributed by atoms with Crippen LogP contribution in [0.5, 0.6) is 0 Å². The Morgan fingerprint density at radius 3 is 2.41 bits per heavy atom. The number of nitrogens with one attached hydrogen (secondary N) is 1. The summed E-state index contributed by atoms with van der Waals surface area (Å²) in [5, 5.41) is 3.02. The van der Waals surface area contributed by atoms with E-state index in [9.17, 15) is 4.79 Å². The van der Waals surface area contributed by atoms with Crippen molar-refractivity contribution < 1.29 is 4.79 Å². The van der Waals surface area contributed by atoms with Crippen molar-refractivity contribution >= 4 is 28.4 Å². The molecule has 4 aromatic rings. The molecule has 29 heavy (non-hydrogen) atoms. The van der Waals surface area contributed by atoms with E-state index in [0.717, 1.165) is 41.0 Å². The number of carbonyl (C=O) groups excluding carboxylic acids is 1. The molecular weight excluding hydrogens is 362 g/mol. The first-order chi connectivity index (χ1) is 14.3. The van der Waals surface area contributed by atoms with Gasteiger partial charge in [0.15, 0.2) is 5.82 Å².